The number of amides is 2. The fourth-order valence-electron chi connectivity index (χ4n) is 4.35. The molecule has 2 atom stereocenters. The second kappa shape index (κ2) is 12.4. The highest BCUT2D eigenvalue weighted by atomic mass is 19.2. The molecule has 11 heteroatoms. The monoisotopic (exact) mass is 562 g/mol. The first-order chi connectivity index (χ1) is 19.5. The lowest BCUT2D eigenvalue weighted by Gasteiger charge is -2.16. The second-order valence-electron chi connectivity index (χ2n) is 9.41. The Balaban J connectivity index is 1.47. The predicted molar refractivity (Wildman–Crippen MR) is 147 cm³/mol. The van der Waals surface area contributed by atoms with Crippen molar-refractivity contribution in [3.63, 3.8) is 0 Å². The summed E-state index contributed by atoms with van der Waals surface area (Å²) in [5, 5.41) is 19.1. The van der Waals surface area contributed by atoms with Crippen molar-refractivity contribution in [2.24, 2.45) is 7.05 Å². The molecule has 0 bridgehead atoms. The minimum Gasteiger partial charge on any atom is -0.480 e. The Labute approximate surface area is 234 Å². The van der Waals surface area contributed by atoms with E-state index < -0.39 is 41.7 Å². The topological polar surface area (TPSA) is 123 Å². The number of nitrogens with one attached hydrogen (secondary N) is 2. The van der Waals surface area contributed by atoms with Gasteiger partial charge in [-0.2, -0.15) is 5.10 Å². The summed E-state index contributed by atoms with van der Waals surface area (Å²) in [5.41, 5.74) is 3.43. The van der Waals surface area contributed by atoms with Crippen LogP contribution in [0.5, 0.6) is 0 Å². The first kappa shape index (κ1) is 28.9. The molecule has 9 nitrogen and oxygen atoms in total. The summed E-state index contributed by atoms with van der Waals surface area (Å²) < 4.78 is 33.9. The highest BCUT2D eigenvalue weighted by molar-refractivity contribution is 5.97. The van der Waals surface area contributed by atoms with Crippen molar-refractivity contribution < 1.29 is 33.0 Å². The Morgan fingerprint density at radius 2 is 1.68 bits per heavy atom. The van der Waals surface area contributed by atoms with Gasteiger partial charge in [-0.1, -0.05) is 48.5 Å². The number of rotatable bonds is 9. The van der Waals surface area contributed by atoms with Crippen LogP contribution in [0, 0.1) is 18.6 Å². The zero-order valence-electron chi connectivity index (χ0n) is 22.5. The molecule has 4 aromatic rings. The van der Waals surface area contributed by atoms with Gasteiger partial charge in [0.15, 0.2) is 11.6 Å². The molecule has 3 aromatic carbocycles. The van der Waals surface area contributed by atoms with E-state index in [4.69, 9.17) is 4.74 Å². The van der Waals surface area contributed by atoms with Crippen LogP contribution in [0.15, 0.2) is 72.8 Å². The zero-order chi connectivity index (χ0) is 29.7. The second-order valence-corrected chi connectivity index (χ2v) is 9.41. The Bertz CT molecular complexity index is 1570. The Hall–Kier alpha value is -5.06. The molecule has 1 aromatic heterocycles. The number of benzene rings is 3. The lowest BCUT2D eigenvalue weighted by atomic mass is 10.0. The molecule has 0 aliphatic carbocycles. The number of aromatic nitrogens is 2. The normalized spacial score (nSPS) is 12.3. The van der Waals surface area contributed by atoms with Crippen LogP contribution >= 0.6 is 0 Å². The van der Waals surface area contributed by atoms with Crippen molar-refractivity contribution in [1.82, 2.24) is 15.1 Å². The number of aryl methyl sites for hydroxylation is 2. The molecule has 3 N–H and O–H groups in total. The molecule has 0 spiro atoms. The lowest BCUT2D eigenvalue weighted by Crippen LogP contribution is -2.42. The summed E-state index contributed by atoms with van der Waals surface area (Å²) in [7, 11) is 1.71. The quantitative estimate of drug-likeness (QED) is 0.251. The SMILES string of the molecule is Cc1nn(C)c(-c2ccc(C(=O)N[C@H](Cc3ccc(F)c(F)c3)C(=O)O)cc2)c1NC(=O)OC(C)c1ccccc1. The van der Waals surface area contributed by atoms with Crippen molar-refractivity contribution in [3.05, 3.63) is 107 Å². The summed E-state index contributed by atoms with van der Waals surface area (Å²) in [6, 6.07) is 17.3. The smallest absolute Gasteiger partial charge is 0.412 e. The molecule has 0 aliphatic rings. The van der Waals surface area contributed by atoms with Gasteiger partial charge in [0.05, 0.1) is 17.1 Å². The molecular weight excluding hydrogens is 534 g/mol. The maximum atomic E-state index is 13.5. The van der Waals surface area contributed by atoms with E-state index in [0.29, 0.717) is 22.6 Å². The van der Waals surface area contributed by atoms with E-state index in [-0.39, 0.29) is 17.5 Å². The van der Waals surface area contributed by atoms with E-state index in [1.165, 1.54) is 18.2 Å². The van der Waals surface area contributed by atoms with Gasteiger partial charge in [-0.3, -0.25) is 14.8 Å². The van der Waals surface area contributed by atoms with Crippen LogP contribution < -0.4 is 10.6 Å². The number of nitrogens with zero attached hydrogens (tertiary/aromatic N) is 2. The summed E-state index contributed by atoms with van der Waals surface area (Å²) in [4.78, 5) is 37.3. The Morgan fingerprint density at radius 3 is 2.32 bits per heavy atom. The molecule has 1 heterocycles. The molecule has 4 rings (SSSR count). The fraction of sp³-hybridized carbons (Fsp3) is 0.200. The van der Waals surface area contributed by atoms with E-state index in [9.17, 15) is 28.3 Å². The van der Waals surface area contributed by atoms with Gasteiger partial charge < -0.3 is 15.2 Å². The largest absolute Gasteiger partial charge is 0.480 e. The lowest BCUT2D eigenvalue weighted by molar-refractivity contribution is -0.139. The average molecular weight is 563 g/mol. The number of carboxylic acid groups (broad SMARTS) is 1. The van der Waals surface area contributed by atoms with Crippen LogP contribution in [0.3, 0.4) is 0 Å². The van der Waals surface area contributed by atoms with Crippen LogP contribution in [0.4, 0.5) is 19.3 Å². The minimum atomic E-state index is -1.37. The highest BCUT2D eigenvalue weighted by Gasteiger charge is 2.23. The van der Waals surface area contributed by atoms with Crippen LogP contribution in [0.2, 0.25) is 0 Å². The summed E-state index contributed by atoms with van der Waals surface area (Å²) >= 11 is 0. The molecule has 0 radical (unpaired) electrons. The van der Waals surface area contributed by atoms with Gasteiger partial charge in [-0.25, -0.2) is 18.4 Å². The molecule has 0 fully saturated rings. The minimum absolute atomic E-state index is 0.176. The van der Waals surface area contributed by atoms with E-state index in [0.717, 1.165) is 17.7 Å². The molecule has 0 saturated carbocycles. The maximum absolute atomic E-state index is 13.5. The van der Waals surface area contributed by atoms with Crippen LogP contribution in [0.25, 0.3) is 11.3 Å². The molecule has 41 heavy (non-hydrogen) atoms. The number of hydrogen-bond acceptors (Lipinski definition) is 5. The third-order valence-corrected chi connectivity index (χ3v) is 6.45. The third kappa shape index (κ3) is 6.93. The van der Waals surface area contributed by atoms with Gasteiger partial charge in [-0.15, -0.1) is 0 Å². The van der Waals surface area contributed by atoms with E-state index >= 15 is 0 Å². The molecule has 2 amide bonds. The standard InChI is InChI=1S/C30H28F2N4O5/c1-17-26(34-30(40)41-18(2)20-7-5-4-6-8-20)27(36(3)35-17)21-10-12-22(13-11-21)28(37)33-25(29(38)39)16-19-9-14-23(31)24(32)15-19/h4-15,18,25H,16H2,1-3H3,(H,33,37)(H,34,40)(H,38,39)/t18?,25-/m1/s1. The number of carbonyl (C=O) groups is 3. The van der Waals surface area contributed by atoms with E-state index in [1.807, 2.05) is 30.3 Å². The number of aliphatic carboxylic acids is 1. The molecule has 0 saturated heterocycles. The molecule has 1 unspecified atom stereocenters. The summed E-state index contributed by atoms with van der Waals surface area (Å²) in [5.74, 6) is -4.14. The van der Waals surface area contributed by atoms with E-state index in [1.54, 1.807) is 37.7 Å². The maximum Gasteiger partial charge on any atom is 0.412 e. The van der Waals surface area contributed by atoms with Gasteiger partial charge in [0.25, 0.3) is 5.91 Å². The summed E-state index contributed by atoms with van der Waals surface area (Å²) in [6.45, 7) is 3.50. The van der Waals surface area contributed by atoms with Crippen molar-refractivity contribution in [2.75, 3.05) is 5.32 Å². The van der Waals surface area contributed by atoms with Crippen molar-refractivity contribution in [3.8, 4) is 11.3 Å². The Kier molecular flexibility index (Phi) is 8.76. The van der Waals surface area contributed by atoms with Gasteiger partial charge in [0, 0.05) is 24.6 Å². The fourth-order valence-corrected chi connectivity index (χ4v) is 4.35. The van der Waals surface area contributed by atoms with Gasteiger partial charge in [-0.05, 0) is 49.2 Å². The van der Waals surface area contributed by atoms with Crippen LogP contribution in [-0.2, 0) is 23.0 Å². The van der Waals surface area contributed by atoms with Gasteiger partial charge in [0.1, 0.15) is 12.1 Å². The first-order valence-electron chi connectivity index (χ1n) is 12.7. The van der Waals surface area contributed by atoms with Crippen molar-refractivity contribution in [2.45, 2.75) is 32.4 Å². The number of anilines is 1. The van der Waals surface area contributed by atoms with Gasteiger partial charge >= 0.3 is 12.1 Å². The third-order valence-electron chi connectivity index (χ3n) is 6.45. The Morgan fingerprint density at radius 1 is 1.00 bits per heavy atom. The van der Waals surface area contributed by atoms with Crippen LogP contribution in [0.1, 0.15) is 40.2 Å². The highest BCUT2D eigenvalue weighted by Crippen LogP contribution is 2.31. The molecular formula is C30H28F2N4O5. The van der Waals surface area contributed by atoms with Crippen molar-refractivity contribution >= 4 is 23.7 Å². The zero-order valence-corrected chi connectivity index (χ0v) is 22.5. The number of ether oxygens (including phenoxy) is 1. The van der Waals surface area contributed by atoms with E-state index in [2.05, 4.69) is 15.7 Å². The molecule has 212 valence electrons. The predicted octanol–water partition coefficient (Wildman–Crippen LogP) is 5.41. The summed E-state index contributed by atoms with van der Waals surface area (Å²) in [6.07, 6.45) is -1.37. The number of halogens is 2. The van der Waals surface area contributed by atoms with Gasteiger partial charge in [0.2, 0.25) is 0 Å². The average Bonchev–Trinajstić information content (AvgIpc) is 3.22. The van der Waals surface area contributed by atoms with Crippen molar-refractivity contribution in [1.29, 1.82) is 0 Å². The molecule has 0 aliphatic heterocycles. The van der Waals surface area contributed by atoms with Crippen LogP contribution in [-0.4, -0.2) is 38.9 Å². The first-order valence-corrected chi connectivity index (χ1v) is 12.7. The number of hydrogen-bond donors (Lipinski definition) is 3. The number of carbonyl (C=O) groups excluding carboxylic acids is 2. The number of carboxylic acids is 1.